The highest BCUT2D eigenvalue weighted by Crippen LogP contribution is 2.23. The Morgan fingerprint density at radius 2 is 1.87 bits per heavy atom. The highest BCUT2D eigenvalue weighted by Gasteiger charge is 2.16. The zero-order valence-corrected chi connectivity index (χ0v) is 17.0. The number of carbonyl (C=O) groups excluding carboxylic acids is 1. The van der Waals surface area contributed by atoms with Gasteiger partial charge in [-0.2, -0.15) is 4.98 Å². The van der Waals surface area contributed by atoms with E-state index in [1.165, 1.54) is 17.9 Å². The van der Waals surface area contributed by atoms with Crippen LogP contribution in [0.15, 0.2) is 76.2 Å². The third kappa shape index (κ3) is 4.37. The lowest BCUT2D eigenvalue weighted by Gasteiger charge is -2.11. The number of carbonyl (C=O) groups is 1. The van der Waals surface area contributed by atoms with Gasteiger partial charge in [-0.1, -0.05) is 47.1 Å². The van der Waals surface area contributed by atoms with Crippen molar-refractivity contribution in [1.29, 1.82) is 0 Å². The molecule has 1 N–H and O–H groups in total. The number of aromatic nitrogens is 3. The number of nitrogens with one attached hydrogen (secondary N) is 1. The van der Waals surface area contributed by atoms with Crippen molar-refractivity contribution in [3.8, 4) is 28.6 Å². The number of benzene rings is 2. The highest BCUT2D eigenvalue weighted by atomic mass is 16.5. The Morgan fingerprint density at radius 1 is 1.10 bits per heavy atom. The Balaban J connectivity index is 1.55. The Bertz CT molecular complexity index is 1280. The van der Waals surface area contributed by atoms with Gasteiger partial charge in [0.05, 0.1) is 12.8 Å². The van der Waals surface area contributed by atoms with E-state index in [4.69, 9.17) is 9.26 Å². The van der Waals surface area contributed by atoms with E-state index in [1.54, 1.807) is 36.4 Å². The van der Waals surface area contributed by atoms with Crippen molar-refractivity contribution in [3.63, 3.8) is 0 Å². The molecular weight excluding hydrogens is 396 g/mol. The maximum atomic E-state index is 12.9. The van der Waals surface area contributed by atoms with Gasteiger partial charge in [-0.15, -0.1) is 0 Å². The van der Waals surface area contributed by atoms with E-state index < -0.39 is 5.56 Å². The summed E-state index contributed by atoms with van der Waals surface area (Å²) in [7, 11) is 1.52. The molecule has 31 heavy (non-hydrogen) atoms. The van der Waals surface area contributed by atoms with E-state index in [0.29, 0.717) is 17.3 Å². The van der Waals surface area contributed by atoms with Gasteiger partial charge < -0.3 is 19.1 Å². The highest BCUT2D eigenvalue weighted by molar-refractivity contribution is 5.92. The monoisotopic (exact) mass is 416 g/mol. The largest absolute Gasteiger partial charge is 0.495 e. The zero-order chi connectivity index (χ0) is 21.8. The second-order valence-electron chi connectivity index (χ2n) is 6.89. The molecule has 2 heterocycles. The molecule has 0 aliphatic rings. The van der Waals surface area contributed by atoms with E-state index in [9.17, 15) is 9.59 Å². The van der Waals surface area contributed by atoms with Gasteiger partial charge in [-0.3, -0.25) is 9.59 Å². The Hall–Kier alpha value is -4.20. The first-order chi connectivity index (χ1) is 15.0. The molecule has 4 aromatic rings. The molecule has 0 aliphatic carbocycles. The number of rotatable bonds is 6. The molecule has 0 saturated heterocycles. The van der Waals surface area contributed by atoms with Crippen LogP contribution in [0.3, 0.4) is 0 Å². The average Bonchev–Trinajstić information content (AvgIpc) is 3.26. The zero-order valence-electron chi connectivity index (χ0n) is 17.0. The van der Waals surface area contributed by atoms with Crippen LogP contribution in [0.4, 0.5) is 5.69 Å². The van der Waals surface area contributed by atoms with Crippen LogP contribution in [0, 0.1) is 6.92 Å². The lowest BCUT2D eigenvalue weighted by Crippen LogP contribution is -2.28. The van der Waals surface area contributed by atoms with Gasteiger partial charge in [0, 0.05) is 11.8 Å². The Labute approximate surface area is 178 Å². The van der Waals surface area contributed by atoms with Gasteiger partial charge in [0.25, 0.3) is 11.4 Å². The molecule has 0 bridgehead atoms. The summed E-state index contributed by atoms with van der Waals surface area (Å²) < 4.78 is 11.8. The fourth-order valence-electron chi connectivity index (χ4n) is 3.07. The molecule has 0 saturated carbocycles. The summed E-state index contributed by atoms with van der Waals surface area (Å²) in [4.78, 5) is 29.7. The first kappa shape index (κ1) is 20.1. The summed E-state index contributed by atoms with van der Waals surface area (Å²) >= 11 is 0. The fourth-order valence-corrected chi connectivity index (χ4v) is 3.07. The fraction of sp³-hybridized carbons (Fsp3) is 0.130. The van der Waals surface area contributed by atoms with Crippen LogP contribution in [0.25, 0.3) is 22.8 Å². The Kier molecular flexibility index (Phi) is 5.61. The van der Waals surface area contributed by atoms with Crippen LogP contribution in [-0.4, -0.2) is 27.7 Å². The van der Waals surface area contributed by atoms with E-state index in [2.05, 4.69) is 15.5 Å². The van der Waals surface area contributed by atoms with Crippen molar-refractivity contribution in [2.45, 2.75) is 13.5 Å². The minimum atomic E-state index is -0.406. The molecule has 1 amide bonds. The van der Waals surface area contributed by atoms with Crippen molar-refractivity contribution in [1.82, 2.24) is 14.7 Å². The molecule has 0 radical (unpaired) electrons. The molecular formula is C23H20N4O4. The molecule has 0 atom stereocenters. The third-order valence-corrected chi connectivity index (χ3v) is 4.68. The van der Waals surface area contributed by atoms with Crippen molar-refractivity contribution in [2.24, 2.45) is 0 Å². The maximum absolute atomic E-state index is 12.9. The van der Waals surface area contributed by atoms with Crippen LogP contribution in [0.5, 0.6) is 5.75 Å². The number of hydrogen-bond acceptors (Lipinski definition) is 6. The molecule has 0 unspecified atom stereocenters. The topological polar surface area (TPSA) is 99.2 Å². The number of pyridine rings is 1. The quantitative estimate of drug-likeness (QED) is 0.516. The Morgan fingerprint density at radius 3 is 2.65 bits per heavy atom. The van der Waals surface area contributed by atoms with Crippen molar-refractivity contribution >= 4 is 11.6 Å². The lowest BCUT2D eigenvalue weighted by atomic mass is 10.1. The summed E-state index contributed by atoms with van der Waals surface area (Å²) in [6.07, 6.45) is 1.53. The molecule has 2 aromatic carbocycles. The van der Waals surface area contributed by atoms with Crippen molar-refractivity contribution < 1.29 is 14.1 Å². The third-order valence-electron chi connectivity index (χ3n) is 4.68. The maximum Gasteiger partial charge on any atom is 0.263 e. The molecule has 156 valence electrons. The van der Waals surface area contributed by atoms with Gasteiger partial charge in [-0.25, -0.2) is 0 Å². The molecule has 4 rings (SSSR count). The first-order valence-corrected chi connectivity index (χ1v) is 9.58. The minimum Gasteiger partial charge on any atom is -0.495 e. The predicted octanol–water partition coefficient (Wildman–Crippen LogP) is 3.52. The van der Waals surface area contributed by atoms with Crippen LogP contribution in [-0.2, 0) is 11.3 Å². The van der Waals surface area contributed by atoms with Crippen LogP contribution in [0.2, 0.25) is 0 Å². The summed E-state index contributed by atoms with van der Waals surface area (Å²) in [6, 6.07) is 18.0. The van der Waals surface area contributed by atoms with E-state index >= 15 is 0 Å². The summed E-state index contributed by atoms with van der Waals surface area (Å²) in [6.45, 7) is 1.81. The summed E-state index contributed by atoms with van der Waals surface area (Å²) in [5.74, 6) is 0.653. The molecule has 0 fully saturated rings. The van der Waals surface area contributed by atoms with E-state index in [1.807, 2.05) is 31.2 Å². The first-order valence-electron chi connectivity index (χ1n) is 9.58. The smallest absolute Gasteiger partial charge is 0.263 e. The number of para-hydroxylation sites is 2. The van der Waals surface area contributed by atoms with Crippen molar-refractivity contribution in [2.75, 3.05) is 12.4 Å². The molecule has 0 spiro atoms. The van der Waals surface area contributed by atoms with Crippen LogP contribution >= 0.6 is 0 Å². The summed E-state index contributed by atoms with van der Waals surface area (Å²) in [5.41, 5.74) is 2.24. The number of nitrogens with zero attached hydrogens (tertiary/aromatic N) is 3. The number of aryl methyl sites for hydroxylation is 1. The standard InChI is InChI=1S/C23H20N4O4/c1-15-9-11-16(12-10-15)21-25-22(31-26-21)17-6-5-13-27(23(17)29)14-20(28)24-18-7-3-4-8-19(18)30-2/h3-13H,14H2,1-2H3,(H,24,28). The molecule has 2 aromatic heterocycles. The summed E-state index contributed by atoms with van der Waals surface area (Å²) in [5, 5.41) is 6.72. The van der Waals surface area contributed by atoms with Gasteiger partial charge in [0.2, 0.25) is 11.7 Å². The van der Waals surface area contributed by atoms with Crippen LogP contribution in [0.1, 0.15) is 5.56 Å². The second-order valence-corrected chi connectivity index (χ2v) is 6.89. The van der Waals surface area contributed by atoms with Crippen molar-refractivity contribution in [3.05, 3.63) is 82.8 Å². The number of anilines is 1. The van der Waals surface area contributed by atoms with Gasteiger partial charge in [0.1, 0.15) is 17.9 Å². The van der Waals surface area contributed by atoms with Crippen LogP contribution < -0.4 is 15.6 Å². The normalized spacial score (nSPS) is 10.6. The lowest BCUT2D eigenvalue weighted by molar-refractivity contribution is -0.116. The van der Waals surface area contributed by atoms with Gasteiger partial charge in [-0.05, 0) is 31.2 Å². The van der Waals surface area contributed by atoms with Gasteiger partial charge in [0.15, 0.2) is 0 Å². The number of amides is 1. The second kappa shape index (κ2) is 8.66. The number of ether oxygens (including phenoxy) is 1. The molecule has 8 nitrogen and oxygen atoms in total. The molecule has 0 aliphatic heterocycles. The average molecular weight is 416 g/mol. The predicted molar refractivity (Wildman–Crippen MR) is 116 cm³/mol. The number of methoxy groups -OCH3 is 1. The van der Waals surface area contributed by atoms with Gasteiger partial charge >= 0.3 is 0 Å². The minimum absolute atomic E-state index is 0.0973. The van der Waals surface area contributed by atoms with E-state index in [-0.39, 0.29) is 23.9 Å². The molecule has 8 heteroatoms. The van der Waals surface area contributed by atoms with E-state index in [0.717, 1.165) is 11.1 Å². The SMILES string of the molecule is COc1ccccc1NC(=O)Cn1cccc(-c2nc(-c3ccc(C)cc3)no2)c1=O. The number of hydrogen-bond donors (Lipinski definition) is 1.